The third-order valence-electron chi connectivity index (χ3n) is 6.04. The van der Waals surface area contributed by atoms with Crippen LogP contribution < -0.4 is 5.32 Å². The van der Waals surface area contributed by atoms with Gasteiger partial charge in [-0.2, -0.15) is 0 Å². The molecule has 1 saturated carbocycles. The van der Waals surface area contributed by atoms with Crippen LogP contribution in [-0.2, 0) is 14.3 Å². The molecule has 1 aliphatic heterocycles. The minimum atomic E-state index is -0.379. The van der Waals surface area contributed by atoms with E-state index in [1.807, 2.05) is 31.2 Å². The number of hydrogen-bond donors (Lipinski definition) is 1. The number of ketones is 1. The van der Waals surface area contributed by atoms with Gasteiger partial charge in [0.1, 0.15) is 6.10 Å². The molecule has 1 atom stereocenters. The highest BCUT2D eigenvalue weighted by Gasteiger charge is 2.40. The Hall–Kier alpha value is -1.88. The molecule has 0 radical (unpaired) electrons. The summed E-state index contributed by atoms with van der Waals surface area (Å²) >= 11 is 3.63. The van der Waals surface area contributed by atoms with Crippen LogP contribution in [-0.4, -0.2) is 17.9 Å². The van der Waals surface area contributed by atoms with Gasteiger partial charge in [-0.3, -0.25) is 4.79 Å². The summed E-state index contributed by atoms with van der Waals surface area (Å²) in [7, 11) is 0. The van der Waals surface area contributed by atoms with Crippen LogP contribution in [0.3, 0.4) is 0 Å². The molecule has 0 aromatic heterocycles. The molecule has 3 aliphatic rings. The Morgan fingerprint density at radius 1 is 1.11 bits per heavy atom. The lowest BCUT2D eigenvalue weighted by molar-refractivity contribution is -0.146. The van der Waals surface area contributed by atoms with Crippen molar-refractivity contribution in [3.05, 3.63) is 56.8 Å². The molecule has 1 aromatic rings. The monoisotopic (exact) mass is 443 g/mol. The quantitative estimate of drug-likeness (QED) is 0.644. The van der Waals surface area contributed by atoms with Crippen molar-refractivity contribution in [3.63, 3.8) is 0 Å². The molecule has 28 heavy (non-hydrogen) atoms. The van der Waals surface area contributed by atoms with Crippen LogP contribution in [0.15, 0.2) is 51.3 Å². The van der Waals surface area contributed by atoms with E-state index in [1.165, 1.54) is 6.42 Å². The maximum atomic E-state index is 13.3. The maximum Gasteiger partial charge on any atom is 0.337 e. The zero-order valence-corrected chi connectivity index (χ0v) is 17.8. The number of dihydropyridines is 1. The summed E-state index contributed by atoms with van der Waals surface area (Å²) in [4.78, 5) is 26.2. The van der Waals surface area contributed by atoms with Crippen LogP contribution >= 0.6 is 15.9 Å². The molecule has 2 aliphatic carbocycles. The van der Waals surface area contributed by atoms with E-state index in [1.54, 1.807) is 0 Å². The van der Waals surface area contributed by atoms with E-state index in [4.69, 9.17) is 4.74 Å². The van der Waals surface area contributed by atoms with E-state index in [2.05, 4.69) is 21.2 Å². The second kappa shape index (κ2) is 8.24. The number of esters is 1. The number of Topliss-reactive ketones (excluding diaryl/α,β-unsaturated/α-hetero) is 1. The molecule has 4 rings (SSSR count). The third kappa shape index (κ3) is 3.69. The summed E-state index contributed by atoms with van der Waals surface area (Å²) in [5, 5.41) is 3.36. The van der Waals surface area contributed by atoms with Crippen molar-refractivity contribution in [2.45, 2.75) is 70.3 Å². The lowest BCUT2D eigenvalue weighted by Gasteiger charge is -2.35. The fourth-order valence-corrected chi connectivity index (χ4v) is 5.19. The largest absolute Gasteiger partial charge is 0.459 e. The predicted molar refractivity (Wildman–Crippen MR) is 112 cm³/mol. The topological polar surface area (TPSA) is 55.4 Å². The van der Waals surface area contributed by atoms with E-state index < -0.39 is 0 Å². The number of halogens is 1. The van der Waals surface area contributed by atoms with Gasteiger partial charge in [-0.05, 0) is 57.1 Å². The smallest absolute Gasteiger partial charge is 0.337 e. The van der Waals surface area contributed by atoms with Crippen LogP contribution in [0, 0.1) is 0 Å². The molecule has 1 N–H and O–H groups in total. The van der Waals surface area contributed by atoms with Crippen LogP contribution in [0.2, 0.25) is 0 Å². The number of ether oxygens (including phenoxy) is 1. The Labute approximate surface area is 174 Å². The second-order valence-corrected chi connectivity index (χ2v) is 8.81. The molecule has 0 saturated heterocycles. The Balaban J connectivity index is 1.75. The first-order valence-corrected chi connectivity index (χ1v) is 11.0. The molecule has 0 spiro atoms. The normalized spacial score (nSPS) is 23.4. The van der Waals surface area contributed by atoms with E-state index in [0.29, 0.717) is 12.0 Å². The minimum Gasteiger partial charge on any atom is -0.459 e. The van der Waals surface area contributed by atoms with Crippen LogP contribution in [0.4, 0.5) is 0 Å². The first-order chi connectivity index (χ1) is 13.6. The van der Waals surface area contributed by atoms with Gasteiger partial charge in [-0.25, -0.2) is 4.79 Å². The van der Waals surface area contributed by atoms with Gasteiger partial charge in [0.05, 0.1) is 5.57 Å². The molecule has 4 nitrogen and oxygen atoms in total. The molecule has 0 unspecified atom stereocenters. The van der Waals surface area contributed by atoms with Crippen molar-refractivity contribution >= 4 is 27.7 Å². The van der Waals surface area contributed by atoms with Crippen molar-refractivity contribution in [3.8, 4) is 0 Å². The molecule has 0 amide bonds. The zero-order chi connectivity index (χ0) is 19.7. The highest BCUT2D eigenvalue weighted by atomic mass is 79.9. The van der Waals surface area contributed by atoms with Crippen LogP contribution in [0.5, 0.6) is 0 Å². The van der Waals surface area contributed by atoms with Crippen molar-refractivity contribution in [1.82, 2.24) is 5.32 Å². The summed E-state index contributed by atoms with van der Waals surface area (Å²) in [5.41, 5.74) is 4.02. The van der Waals surface area contributed by atoms with Gasteiger partial charge in [-0.15, -0.1) is 0 Å². The summed E-state index contributed by atoms with van der Waals surface area (Å²) in [6.45, 7) is 1.92. The van der Waals surface area contributed by atoms with Crippen LogP contribution in [0.1, 0.15) is 69.8 Å². The highest BCUT2D eigenvalue weighted by Crippen LogP contribution is 2.44. The number of carbonyl (C=O) groups excluding carboxylic acids is 2. The first kappa shape index (κ1) is 19.4. The fourth-order valence-electron chi connectivity index (χ4n) is 4.67. The van der Waals surface area contributed by atoms with Crippen molar-refractivity contribution in [2.75, 3.05) is 0 Å². The fraction of sp³-hybridized carbons (Fsp3) is 0.478. The zero-order valence-electron chi connectivity index (χ0n) is 16.2. The number of benzene rings is 1. The Kier molecular flexibility index (Phi) is 5.72. The van der Waals surface area contributed by atoms with Crippen molar-refractivity contribution < 1.29 is 14.3 Å². The van der Waals surface area contributed by atoms with Gasteiger partial charge < -0.3 is 10.1 Å². The van der Waals surface area contributed by atoms with Gasteiger partial charge in [0.25, 0.3) is 0 Å². The number of rotatable bonds is 3. The van der Waals surface area contributed by atoms with E-state index in [0.717, 1.165) is 65.5 Å². The number of carbonyl (C=O) groups is 2. The van der Waals surface area contributed by atoms with Gasteiger partial charge in [-0.1, -0.05) is 40.5 Å². The lowest BCUT2D eigenvalue weighted by atomic mass is 9.75. The van der Waals surface area contributed by atoms with Gasteiger partial charge >= 0.3 is 5.97 Å². The molecule has 5 heteroatoms. The third-order valence-corrected chi connectivity index (χ3v) is 6.76. The minimum absolute atomic E-state index is 0.0150. The van der Waals surface area contributed by atoms with Gasteiger partial charge in [0, 0.05) is 33.8 Å². The summed E-state index contributed by atoms with van der Waals surface area (Å²) in [6.07, 6.45) is 7.49. The van der Waals surface area contributed by atoms with Crippen molar-refractivity contribution in [2.24, 2.45) is 0 Å². The summed E-state index contributed by atoms with van der Waals surface area (Å²) < 4.78 is 6.83. The average Bonchev–Trinajstić information content (AvgIpc) is 2.68. The molecule has 1 fully saturated rings. The van der Waals surface area contributed by atoms with E-state index in [9.17, 15) is 9.59 Å². The first-order valence-electron chi connectivity index (χ1n) is 10.3. The molecular weight excluding hydrogens is 418 g/mol. The molecular formula is C23H26BrNO3. The average molecular weight is 444 g/mol. The van der Waals surface area contributed by atoms with Gasteiger partial charge in [0.2, 0.25) is 0 Å². The van der Waals surface area contributed by atoms with Crippen LogP contribution in [0.25, 0.3) is 0 Å². The SMILES string of the molecule is CC1=C(C(=O)OC2CCCCC2)[C@H](c2ccccc2Br)C2=C(CCCC2=O)N1. The molecule has 1 heterocycles. The molecule has 1 aromatic carbocycles. The van der Waals surface area contributed by atoms with E-state index >= 15 is 0 Å². The molecule has 0 bridgehead atoms. The highest BCUT2D eigenvalue weighted by molar-refractivity contribution is 9.10. The second-order valence-electron chi connectivity index (χ2n) is 7.95. The summed E-state index contributed by atoms with van der Waals surface area (Å²) in [6, 6.07) is 7.86. The number of allylic oxidation sites excluding steroid dienone is 3. The lowest BCUT2D eigenvalue weighted by Crippen LogP contribution is -2.35. The standard InChI is InChI=1S/C23H26BrNO3/c1-14-20(23(27)28-15-8-3-2-4-9-15)21(16-10-5-6-11-17(16)24)22-18(25-14)12-7-13-19(22)26/h5-6,10-11,15,21,25H,2-4,7-9,12-13H2,1H3/t21-/m0/s1. The number of hydrogen-bond acceptors (Lipinski definition) is 4. The van der Waals surface area contributed by atoms with Crippen molar-refractivity contribution in [1.29, 1.82) is 0 Å². The summed E-state index contributed by atoms with van der Waals surface area (Å²) in [5.74, 6) is -0.539. The Morgan fingerprint density at radius 2 is 1.86 bits per heavy atom. The number of nitrogens with one attached hydrogen (secondary N) is 1. The molecule has 148 valence electrons. The Morgan fingerprint density at radius 3 is 2.61 bits per heavy atom. The maximum absolute atomic E-state index is 13.3. The van der Waals surface area contributed by atoms with E-state index in [-0.39, 0.29) is 23.8 Å². The predicted octanol–water partition coefficient (Wildman–Crippen LogP) is 5.29. The Bertz CT molecular complexity index is 864. The van der Waals surface area contributed by atoms with Gasteiger partial charge in [0.15, 0.2) is 5.78 Å².